The summed E-state index contributed by atoms with van der Waals surface area (Å²) < 4.78 is 6.82. The predicted molar refractivity (Wildman–Crippen MR) is 286 cm³/mol. The lowest BCUT2D eigenvalue weighted by Gasteiger charge is -2.34. The zero-order valence-corrected chi connectivity index (χ0v) is 38.0. The molecule has 0 atom stereocenters. The van der Waals surface area contributed by atoms with Gasteiger partial charge in [0, 0.05) is 33.3 Å². The minimum Gasteiger partial charge on any atom is -0.455 e. The number of furan rings is 1. The van der Waals surface area contributed by atoms with E-state index in [0.717, 1.165) is 50.1 Å². The molecule has 0 saturated carbocycles. The van der Waals surface area contributed by atoms with E-state index in [-0.39, 0.29) is 0 Å². The first-order valence-electron chi connectivity index (χ1n) is 24.4. The lowest BCUT2D eigenvalue weighted by Crippen LogP contribution is -2.26. The van der Waals surface area contributed by atoms with Crippen molar-refractivity contribution in [2.45, 2.75) is 10.8 Å². The normalized spacial score (nSPS) is 14.2. The third kappa shape index (κ3) is 4.64. The van der Waals surface area contributed by atoms with Crippen LogP contribution in [0.3, 0.4) is 0 Å². The quantitative estimate of drug-likeness (QED) is 0.175. The van der Waals surface area contributed by atoms with Gasteiger partial charge in [-0.25, -0.2) is 0 Å². The Balaban J connectivity index is 1.000. The smallest absolute Gasteiger partial charge is 0.143 e. The number of hydrogen-bond acceptors (Lipinski definition) is 2. The molecule has 16 rings (SSSR count). The van der Waals surface area contributed by atoms with E-state index in [1.165, 1.54) is 89.0 Å². The van der Waals surface area contributed by atoms with Crippen molar-refractivity contribution in [2.75, 3.05) is 4.90 Å². The molecular weight excluding hydrogens is 847 g/mol. The molecule has 4 aliphatic rings. The molecule has 1 aromatic heterocycles. The van der Waals surface area contributed by atoms with Gasteiger partial charge in [0.2, 0.25) is 0 Å². The van der Waals surface area contributed by atoms with Gasteiger partial charge < -0.3 is 9.32 Å². The summed E-state index contributed by atoms with van der Waals surface area (Å²) in [7, 11) is 0. The zero-order chi connectivity index (χ0) is 45.7. The van der Waals surface area contributed by atoms with Crippen LogP contribution in [0.4, 0.5) is 17.1 Å². The second kappa shape index (κ2) is 13.8. The van der Waals surface area contributed by atoms with Gasteiger partial charge in [-0.2, -0.15) is 0 Å². The van der Waals surface area contributed by atoms with Crippen molar-refractivity contribution in [1.82, 2.24) is 0 Å². The van der Waals surface area contributed by atoms with Crippen molar-refractivity contribution in [1.29, 1.82) is 0 Å². The molecule has 11 aromatic carbocycles. The Morgan fingerprint density at radius 3 is 1.06 bits per heavy atom. The molecule has 0 saturated heterocycles. The van der Waals surface area contributed by atoms with Gasteiger partial charge in [0.1, 0.15) is 11.2 Å². The maximum atomic E-state index is 6.82. The molecule has 2 spiro atoms. The maximum Gasteiger partial charge on any atom is 0.143 e. The molecule has 324 valence electrons. The number of rotatable bonds is 4. The summed E-state index contributed by atoms with van der Waals surface area (Å²) in [4.78, 5) is 2.53. The zero-order valence-electron chi connectivity index (χ0n) is 38.0. The first-order chi connectivity index (χ1) is 34.7. The highest BCUT2D eigenvalue weighted by atomic mass is 16.3. The Morgan fingerprint density at radius 2 is 0.600 bits per heavy atom. The SMILES string of the molecule is c1ccc(N(c2ccc3c(c2)C2(c4ccccc4-c4ccccc42)c2ccccc2-3)c2ccc3c(c2)C2(c4ccccc4-c4ccccc42)c2ccccc2-3)c(-c2cccc3c2oc2ccccc23)c1. The van der Waals surface area contributed by atoms with Crippen molar-refractivity contribution in [3.05, 3.63) is 293 Å². The van der Waals surface area contributed by atoms with Crippen molar-refractivity contribution in [3.63, 3.8) is 0 Å². The van der Waals surface area contributed by atoms with Gasteiger partial charge >= 0.3 is 0 Å². The highest BCUT2D eigenvalue weighted by Crippen LogP contribution is 2.65. The van der Waals surface area contributed by atoms with E-state index < -0.39 is 10.8 Å². The molecule has 0 unspecified atom stereocenters. The Kier molecular flexibility index (Phi) is 7.51. The van der Waals surface area contributed by atoms with Crippen molar-refractivity contribution >= 4 is 39.0 Å². The van der Waals surface area contributed by atoms with Crippen LogP contribution in [-0.2, 0) is 10.8 Å². The maximum absolute atomic E-state index is 6.82. The standard InChI is InChI=1S/C68H41NO/c1-9-28-56-44(18-1)45-19-2-10-29-57(45)67(56)60-32-13-5-22-48(60)50-38-36-42(40-62(50)67)69(64-34-15-7-24-52(64)54-26-17-27-55-53-25-8-16-35-65(53)70-66(54)55)43-37-39-51-49-23-6-14-33-61(49)68(63(51)41-43)58-30-11-3-20-46(58)47-21-4-12-31-59(47)68/h1-41H. The fraction of sp³-hybridized carbons (Fsp3) is 0.0294. The summed E-state index contributed by atoms with van der Waals surface area (Å²) in [5, 5.41) is 2.23. The largest absolute Gasteiger partial charge is 0.455 e. The Bertz CT molecular complexity index is 3900. The monoisotopic (exact) mass is 887 g/mol. The molecule has 70 heavy (non-hydrogen) atoms. The average molecular weight is 888 g/mol. The van der Waals surface area contributed by atoms with Crippen LogP contribution in [0.15, 0.2) is 253 Å². The molecule has 0 radical (unpaired) electrons. The second-order valence-corrected chi connectivity index (χ2v) is 19.4. The first-order valence-corrected chi connectivity index (χ1v) is 24.4. The molecule has 0 fully saturated rings. The number of para-hydroxylation sites is 3. The van der Waals surface area contributed by atoms with Crippen LogP contribution in [0.5, 0.6) is 0 Å². The third-order valence-corrected chi connectivity index (χ3v) is 16.3. The van der Waals surface area contributed by atoms with Gasteiger partial charge in [0.05, 0.1) is 16.5 Å². The third-order valence-electron chi connectivity index (χ3n) is 16.3. The first kappa shape index (κ1) is 38.0. The number of anilines is 3. The summed E-state index contributed by atoms with van der Waals surface area (Å²) in [5.74, 6) is 0. The van der Waals surface area contributed by atoms with E-state index in [9.17, 15) is 0 Å². The highest BCUT2D eigenvalue weighted by molar-refractivity contribution is 6.11. The number of hydrogen-bond donors (Lipinski definition) is 0. The van der Waals surface area contributed by atoms with Crippen LogP contribution < -0.4 is 4.90 Å². The van der Waals surface area contributed by atoms with Gasteiger partial charge in [-0.05, 0) is 125 Å². The van der Waals surface area contributed by atoms with Crippen molar-refractivity contribution in [3.8, 4) is 55.6 Å². The summed E-state index contributed by atoms with van der Waals surface area (Å²) in [6, 6.07) is 93.0. The molecule has 2 nitrogen and oxygen atoms in total. The van der Waals surface area contributed by atoms with E-state index in [0.29, 0.717) is 0 Å². The van der Waals surface area contributed by atoms with E-state index in [1.807, 2.05) is 0 Å². The van der Waals surface area contributed by atoms with Crippen LogP contribution >= 0.6 is 0 Å². The van der Waals surface area contributed by atoms with Gasteiger partial charge in [0.15, 0.2) is 0 Å². The minimum absolute atomic E-state index is 0.499. The molecule has 0 aliphatic heterocycles. The lowest BCUT2D eigenvalue weighted by molar-refractivity contribution is 0.670. The lowest BCUT2D eigenvalue weighted by atomic mass is 9.70. The van der Waals surface area contributed by atoms with E-state index >= 15 is 0 Å². The fourth-order valence-corrected chi connectivity index (χ4v) is 13.7. The van der Waals surface area contributed by atoms with Gasteiger partial charge in [-0.3, -0.25) is 0 Å². The summed E-state index contributed by atoms with van der Waals surface area (Å²) in [5.41, 5.74) is 27.1. The Hall–Kier alpha value is -8.98. The van der Waals surface area contributed by atoms with Crippen LogP contribution in [0.1, 0.15) is 44.5 Å². The highest BCUT2D eigenvalue weighted by Gasteiger charge is 2.53. The van der Waals surface area contributed by atoms with Gasteiger partial charge in [-0.1, -0.05) is 212 Å². The minimum atomic E-state index is -0.499. The molecule has 0 amide bonds. The van der Waals surface area contributed by atoms with Crippen LogP contribution in [0.25, 0.3) is 77.6 Å². The molecule has 12 aromatic rings. The van der Waals surface area contributed by atoms with Crippen molar-refractivity contribution < 1.29 is 4.42 Å². The van der Waals surface area contributed by atoms with Crippen LogP contribution in [-0.4, -0.2) is 0 Å². The topological polar surface area (TPSA) is 16.4 Å². The predicted octanol–water partition coefficient (Wildman–Crippen LogP) is 17.4. The number of fused-ring (bicyclic) bond motifs is 23. The van der Waals surface area contributed by atoms with Crippen molar-refractivity contribution in [2.24, 2.45) is 0 Å². The summed E-state index contributed by atoms with van der Waals surface area (Å²) in [6.45, 7) is 0. The van der Waals surface area contributed by atoms with Gasteiger partial charge in [-0.15, -0.1) is 0 Å². The molecule has 1 heterocycles. The van der Waals surface area contributed by atoms with E-state index in [4.69, 9.17) is 4.42 Å². The Labute approximate surface area is 406 Å². The molecule has 0 N–H and O–H groups in total. The summed E-state index contributed by atoms with van der Waals surface area (Å²) >= 11 is 0. The summed E-state index contributed by atoms with van der Waals surface area (Å²) in [6.07, 6.45) is 0. The van der Waals surface area contributed by atoms with E-state index in [2.05, 4.69) is 254 Å². The van der Waals surface area contributed by atoms with E-state index in [1.54, 1.807) is 0 Å². The average Bonchev–Trinajstić information content (AvgIpc) is 4.20. The molecular formula is C68H41NO. The fourth-order valence-electron chi connectivity index (χ4n) is 13.7. The second-order valence-electron chi connectivity index (χ2n) is 19.4. The Morgan fingerprint density at radius 1 is 0.257 bits per heavy atom. The molecule has 0 bridgehead atoms. The number of nitrogens with zero attached hydrogens (tertiary/aromatic N) is 1. The number of benzene rings is 11. The van der Waals surface area contributed by atoms with Gasteiger partial charge in [0.25, 0.3) is 0 Å². The van der Waals surface area contributed by atoms with Crippen LogP contribution in [0.2, 0.25) is 0 Å². The molecule has 4 aliphatic carbocycles. The van der Waals surface area contributed by atoms with Crippen LogP contribution in [0, 0.1) is 0 Å². The molecule has 2 heteroatoms.